The van der Waals surface area contributed by atoms with E-state index in [1.165, 1.54) is 12.1 Å². The number of sulfone groups is 1. The van der Waals surface area contributed by atoms with E-state index >= 15 is 0 Å². The topological polar surface area (TPSA) is 60.2 Å². The van der Waals surface area contributed by atoms with Crippen LogP contribution in [0.1, 0.15) is 17.0 Å². The lowest BCUT2D eigenvalue weighted by atomic mass is 10.1. The number of hydrogen-bond donors (Lipinski definition) is 1. The van der Waals surface area contributed by atoms with Crippen LogP contribution in [0.25, 0.3) is 0 Å². The van der Waals surface area contributed by atoms with Gasteiger partial charge in [-0.25, -0.2) is 12.8 Å². The molecule has 1 aliphatic rings. The van der Waals surface area contributed by atoms with Gasteiger partial charge in [0.2, 0.25) is 0 Å². The molecule has 0 radical (unpaired) electrons. The van der Waals surface area contributed by atoms with Crippen molar-refractivity contribution >= 4 is 9.84 Å². The van der Waals surface area contributed by atoms with Crippen molar-refractivity contribution in [2.24, 2.45) is 11.7 Å². The molecular weight excluding hydrogens is 301 g/mol. The minimum absolute atomic E-state index is 0.159. The molecule has 3 nitrogen and oxygen atoms in total. The van der Waals surface area contributed by atoms with Crippen molar-refractivity contribution in [1.29, 1.82) is 0 Å². The molecular formula is C17H18FNO2S. The van der Waals surface area contributed by atoms with Gasteiger partial charge in [-0.2, -0.15) is 0 Å². The summed E-state index contributed by atoms with van der Waals surface area (Å²) in [6.45, 7) is 2.18. The first kappa shape index (κ1) is 15.2. The van der Waals surface area contributed by atoms with E-state index in [9.17, 15) is 12.8 Å². The molecule has 0 amide bonds. The third-order valence-electron chi connectivity index (χ3n) is 4.31. The predicted molar refractivity (Wildman–Crippen MR) is 83.8 cm³/mol. The summed E-state index contributed by atoms with van der Waals surface area (Å²) < 4.78 is 39.0. The van der Waals surface area contributed by atoms with E-state index in [0.29, 0.717) is 10.5 Å². The molecule has 116 valence electrons. The SMILES string of the molecule is Cc1ccc(S(=O)(=O)C2C(CN)C2c2cccc(F)c2)cc1. The highest BCUT2D eigenvalue weighted by Crippen LogP contribution is 2.53. The van der Waals surface area contributed by atoms with Gasteiger partial charge < -0.3 is 5.73 Å². The summed E-state index contributed by atoms with van der Waals surface area (Å²) >= 11 is 0. The number of nitrogens with two attached hydrogens (primary N) is 1. The minimum Gasteiger partial charge on any atom is -0.330 e. The highest BCUT2D eigenvalue weighted by molar-refractivity contribution is 7.92. The van der Waals surface area contributed by atoms with Crippen LogP contribution in [0.5, 0.6) is 0 Å². The third-order valence-corrected chi connectivity index (χ3v) is 6.60. The fourth-order valence-electron chi connectivity index (χ4n) is 3.08. The van der Waals surface area contributed by atoms with Crippen LogP contribution in [-0.4, -0.2) is 20.2 Å². The zero-order valence-corrected chi connectivity index (χ0v) is 13.1. The first-order valence-electron chi connectivity index (χ1n) is 7.21. The molecule has 1 fully saturated rings. The number of hydrogen-bond acceptors (Lipinski definition) is 3. The average molecular weight is 319 g/mol. The van der Waals surface area contributed by atoms with Crippen molar-refractivity contribution < 1.29 is 12.8 Å². The molecule has 3 unspecified atom stereocenters. The normalized spacial score (nSPS) is 24.2. The zero-order chi connectivity index (χ0) is 15.9. The van der Waals surface area contributed by atoms with Crippen LogP contribution >= 0.6 is 0 Å². The van der Waals surface area contributed by atoms with Crippen LogP contribution in [-0.2, 0) is 9.84 Å². The summed E-state index contributed by atoms with van der Waals surface area (Å²) in [5, 5.41) is -0.568. The fraction of sp³-hybridized carbons (Fsp3) is 0.294. The monoisotopic (exact) mass is 319 g/mol. The van der Waals surface area contributed by atoms with Crippen molar-refractivity contribution in [1.82, 2.24) is 0 Å². The molecule has 5 heteroatoms. The fourth-order valence-corrected chi connectivity index (χ4v) is 5.31. The van der Waals surface area contributed by atoms with Crippen LogP contribution in [0.4, 0.5) is 4.39 Å². The van der Waals surface area contributed by atoms with Crippen LogP contribution in [0.3, 0.4) is 0 Å². The largest absolute Gasteiger partial charge is 0.330 e. The Morgan fingerprint density at radius 3 is 2.41 bits per heavy atom. The van der Waals surface area contributed by atoms with E-state index in [2.05, 4.69) is 0 Å². The van der Waals surface area contributed by atoms with E-state index in [1.54, 1.807) is 36.4 Å². The highest BCUT2D eigenvalue weighted by atomic mass is 32.2. The first-order valence-corrected chi connectivity index (χ1v) is 8.76. The second kappa shape index (κ2) is 5.48. The van der Waals surface area contributed by atoms with Gasteiger partial charge in [0.15, 0.2) is 9.84 Å². The summed E-state index contributed by atoms with van der Waals surface area (Å²) in [7, 11) is -3.46. The van der Waals surface area contributed by atoms with Crippen molar-refractivity contribution in [3.05, 3.63) is 65.5 Å². The van der Waals surface area contributed by atoms with E-state index in [0.717, 1.165) is 5.56 Å². The van der Waals surface area contributed by atoms with Crippen molar-refractivity contribution in [2.75, 3.05) is 6.54 Å². The Hall–Kier alpha value is -1.72. The van der Waals surface area contributed by atoms with E-state index in [1.807, 2.05) is 6.92 Å². The summed E-state index contributed by atoms with van der Waals surface area (Å²) in [4.78, 5) is 0.306. The van der Waals surface area contributed by atoms with Gasteiger partial charge in [0.1, 0.15) is 5.82 Å². The van der Waals surface area contributed by atoms with Gasteiger partial charge >= 0.3 is 0 Å². The maximum absolute atomic E-state index is 13.4. The summed E-state index contributed by atoms with van der Waals surface area (Å²) in [6.07, 6.45) is 0. The standard InChI is InChI=1S/C17H18FNO2S/c1-11-5-7-14(8-6-11)22(20,21)17-15(10-19)16(17)12-3-2-4-13(18)9-12/h2-9,15-17H,10,19H2,1H3. The van der Waals surface area contributed by atoms with Gasteiger partial charge in [-0.1, -0.05) is 29.8 Å². The number of rotatable bonds is 4. The lowest BCUT2D eigenvalue weighted by Gasteiger charge is -2.05. The molecule has 1 saturated carbocycles. The highest BCUT2D eigenvalue weighted by Gasteiger charge is 2.58. The van der Waals surface area contributed by atoms with Gasteiger partial charge in [0, 0.05) is 5.92 Å². The average Bonchev–Trinajstić information content (AvgIpc) is 3.23. The maximum Gasteiger partial charge on any atom is 0.182 e. The Balaban J connectivity index is 1.95. The molecule has 0 bridgehead atoms. The lowest BCUT2D eigenvalue weighted by Crippen LogP contribution is -2.13. The van der Waals surface area contributed by atoms with Gasteiger partial charge in [0.25, 0.3) is 0 Å². The smallest absolute Gasteiger partial charge is 0.182 e. The second-order valence-corrected chi connectivity index (χ2v) is 7.91. The second-order valence-electron chi connectivity index (χ2n) is 5.80. The quantitative estimate of drug-likeness (QED) is 0.942. The van der Waals surface area contributed by atoms with Crippen LogP contribution in [0.15, 0.2) is 53.4 Å². The Morgan fingerprint density at radius 1 is 1.14 bits per heavy atom. The molecule has 3 rings (SSSR count). The van der Waals surface area contributed by atoms with Crippen LogP contribution in [0.2, 0.25) is 0 Å². The van der Waals surface area contributed by atoms with Gasteiger partial charge in [0.05, 0.1) is 10.1 Å². The Bertz CT molecular complexity index is 787. The van der Waals surface area contributed by atoms with Crippen molar-refractivity contribution in [2.45, 2.75) is 23.0 Å². The molecule has 2 aromatic carbocycles. The molecule has 0 aromatic heterocycles. The third kappa shape index (κ3) is 2.55. The molecule has 1 aliphatic carbocycles. The molecule has 22 heavy (non-hydrogen) atoms. The molecule has 0 saturated heterocycles. The molecule has 0 aliphatic heterocycles. The predicted octanol–water partition coefficient (Wildman–Crippen LogP) is 2.65. The molecule has 0 spiro atoms. The van der Waals surface area contributed by atoms with E-state index < -0.39 is 15.1 Å². The first-order chi connectivity index (χ1) is 10.4. The van der Waals surface area contributed by atoms with Crippen molar-refractivity contribution in [3.63, 3.8) is 0 Å². The molecule has 2 aromatic rings. The summed E-state index contributed by atoms with van der Waals surface area (Å²) in [5.74, 6) is -0.744. The van der Waals surface area contributed by atoms with Crippen LogP contribution < -0.4 is 5.73 Å². The summed E-state index contributed by atoms with van der Waals surface area (Å²) in [6, 6.07) is 12.9. The number of halogens is 1. The molecule has 3 atom stereocenters. The minimum atomic E-state index is -3.46. The molecule has 0 heterocycles. The van der Waals surface area contributed by atoms with Crippen LogP contribution in [0, 0.1) is 18.7 Å². The lowest BCUT2D eigenvalue weighted by molar-refractivity contribution is 0.591. The number of benzene rings is 2. The van der Waals surface area contributed by atoms with Gasteiger partial charge in [-0.3, -0.25) is 0 Å². The van der Waals surface area contributed by atoms with E-state index in [-0.39, 0.29) is 24.2 Å². The Labute approximate surface area is 129 Å². The number of aryl methyl sites for hydroxylation is 1. The maximum atomic E-state index is 13.4. The molecule has 2 N–H and O–H groups in total. The van der Waals surface area contributed by atoms with Crippen molar-refractivity contribution in [3.8, 4) is 0 Å². The Morgan fingerprint density at radius 2 is 1.82 bits per heavy atom. The van der Waals surface area contributed by atoms with E-state index in [4.69, 9.17) is 5.73 Å². The van der Waals surface area contributed by atoms with Gasteiger partial charge in [-0.05, 0) is 49.2 Å². The van der Waals surface area contributed by atoms with Gasteiger partial charge in [-0.15, -0.1) is 0 Å². The zero-order valence-electron chi connectivity index (χ0n) is 12.2. The Kier molecular flexibility index (Phi) is 3.78. The summed E-state index contributed by atoms with van der Waals surface area (Å²) in [5.41, 5.74) is 7.44.